The number of hydrogen-bond donors (Lipinski definition) is 2. The van der Waals surface area contributed by atoms with E-state index in [9.17, 15) is 0 Å². The summed E-state index contributed by atoms with van der Waals surface area (Å²) in [5.41, 5.74) is 2.79. The van der Waals surface area contributed by atoms with Crippen LogP contribution in [0.15, 0.2) is 24.3 Å². The predicted molar refractivity (Wildman–Crippen MR) is 89.8 cm³/mol. The van der Waals surface area contributed by atoms with Gasteiger partial charge in [-0.05, 0) is 49.5 Å². The smallest absolute Gasteiger partial charge is 0.0594 e. The molecule has 2 saturated heterocycles. The Kier molecular flexibility index (Phi) is 6.25. The first-order valence-corrected chi connectivity index (χ1v) is 8.69. The summed E-state index contributed by atoms with van der Waals surface area (Å²) in [6.45, 7) is 9.38. The van der Waals surface area contributed by atoms with Crippen LogP contribution >= 0.6 is 0 Å². The standard InChI is InChI=1S/C18H29N3O/c1-2-18(13-19-7-1)14-20-12-16-3-5-17(6-4-16)15-21-8-10-22-11-9-21/h3-6,18-20H,1-2,7-15H2. The minimum Gasteiger partial charge on any atom is -0.379 e. The van der Waals surface area contributed by atoms with E-state index in [-0.39, 0.29) is 0 Å². The van der Waals surface area contributed by atoms with E-state index in [0.29, 0.717) is 0 Å². The monoisotopic (exact) mass is 303 g/mol. The topological polar surface area (TPSA) is 36.5 Å². The summed E-state index contributed by atoms with van der Waals surface area (Å²) in [6.07, 6.45) is 2.68. The third kappa shape index (κ3) is 5.06. The van der Waals surface area contributed by atoms with E-state index in [4.69, 9.17) is 4.74 Å². The van der Waals surface area contributed by atoms with Gasteiger partial charge >= 0.3 is 0 Å². The van der Waals surface area contributed by atoms with Gasteiger partial charge in [0.15, 0.2) is 0 Å². The Hall–Kier alpha value is -0.940. The summed E-state index contributed by atoms with van der Waals surface area (Å²) >= 11 is 0. The average Bonchev–Trinajstić information content (AvgIpc) is 2.58. The lowest BCUT2D eigenvalue weighted by molar-refractivity contribution is 0.0342. The average molecular weight is 303 g/mol. The van der Waals surface area contributed by atoms with Crippen molar-refractivity contribution in [1.29, 1.82) is 0 Å². The van der Waals surface area contributed by atoms with Crippen molar-refractivity contribution in [3.8, 4) is 0 Å². The van der Waals surface area contributed by atoms with E-state index in [2.05, 4.69) is 39.8 Å². The van der Waals surface area contributed by atoms with Gasteiger partial charge in [0, 0.05) is 26.2 Å². The van der Waals surface area contributed by atoms with Crippen LogP contribution in [0.4, 0.5) is 0 Å². The molecule has 4 nitrogen and oxygen atoms in total. The lowest BCUT2D eigenvalue weighted by Crippen LogP contribution is -2.36. The second kappa shape index (κ2) is 8.63. The Bertz CT molecular complexity index is 422. The van der Waals surface area contributed by atoms with Gasteiger partial charge < -0.3 is 15.4 Å². The molecule has 0 saturated carbocycles. The molecule has 1 aromatic carbocycles. The Morgan fingerprint density at radius 3 is 2.64 bits per heavy atom. The fourth-order valence-corrected chi connectivity index (χ4v) is 3.30. The summed E-state index contributed by atoms with van der Waals surface area (Å²) in [5, 5.41) is 7.08. The summed E-state index contributed by atoms with van der Waals surface area (Å²) in [4.78, 5) is 2.47. The van der Waals surface area contributed by atoms with Gasteiger partial charge in [-0.3, -0.25) is 4.90 Å². The van der Waals surface area contributed by atoms with Crippen molar-refractivity contribution < 1.29 is 4.74 Å². The molecule has 1 aromatic rings. The van der Waals surface area contributed by atoms with Gasteiger partial charge in [-0.2, -0.15) is 0 Å². The molecule has 22 heavy (non-hydrogen) atoms. The van der Waals surface area contributed by atoms with Crippen LogP contribution in [0.25, 0.3) is 0 Å². The molecule has 0 spiro atoms. The van der Waals surface area contributed by atoms with Crippen LogP contribution < -0.4 is 10.6 Å². The molecule has 0 amide bonds. The van der Waals surface area contributed by atoms with Crippen molar-refractivity contribution in [1.82, 2.24) is 15.5 Å². The van der Waals surface area contributed by atoms with Crippen LogP contribution in [0.3, 0.4) is 0 Å². The molecule has 2 aliphatic heterocycles. The third-order valence-electron chi connectivity index (χ3n) is 4.69. The summed E-state index contributed by atoms with van der Waals surface area (Å²) in [7, 11) is 0. The minimum absolute atomic E-state index is 0.800. The first kappa shape index (κ1) is 15.9. The van der Waals surface area contributed by atoms with Gasteiger partial charge in [0.1, 0.15) is 0 Å². The first-order valence-electron chi connectivity index (χ1n) is 8.69. The number of nitrogens with zero attached hydrogens (tertiary/aromatic N) is 1. The number of benzene rings is 1. The van der Waals surface area contributed by atoms with Crippen LogP contribution in [-0.4, -0.2) is 50.8 Å². The van der Waals surface area contributed by atoms with Crippen LogP contribution in [-0.2, 0) is 17.8 Å². The normalized spacial score (nSPS) is 23.5. The molecule has 2 N–H and O–H groups in total. The van der Waals surface area contributed by atoms with Gasteiger partial charge in [-0.25, -0.2) is 0 Å². The van der Waals surface area contributed by atoms with Crippen LogP contribution in [0, 0.1) is 5.92 Å². The third-order valence-corrected chi connectivity index (χ3v) is 4.69. The molecule has 1 atom stereocenters. The second-order valence-corrected chi connectivity index (χ2v) is 6.55. The van der Waals surface area contributed by atoms with Gasteiger partial charge in [-0.15, -0.1) is 0 Å². The van der Waals surface area contributed by atoms with E-state index >= 15 is 0 Å². The highest BCUT2D eigenvalue weighted by atomic mass is 16.5. The van der Waals surface area contributed by atoms with Gasteiger partial charge in [-0.1, -0.05) is 24.3 Å². The van der Waals surface area contributed by atoms with E-state index in [1.165, 1.54) is 37.1 Å². The van der Waals surface area contributed by atoms with Crippen LogP contribution in [0.5, 0.6) is 0 Å². The Morgan fingerprint density at radius 1 is 1.14 bits per heavy atom. The van der Waals surface area contributed by atoms with E-state index in [1.54, 1.807) is 0 Å². The van der Waals surface area contributed by atoms with Crippen molar-refractivity contribution in [2.75, 3.05) is 45.9 Å². The summed E-state index contributed by atoms with van der Waals surface area (Å²) in [6, 6.07) is 9.08. The van der Waals surface area contributed by atoms with Gasteiger partial charge in [0.05, 0.1) is 13.2 Å². The number of morpholine rings is 1. The molecular weight excluding hydrogens is 274 g/mol. The maximum atomic E-state index is 5.40. The van der Waals surface area contributed by atoms with Crippen molar-refractivity contribution in [2.24, 2.45) is 5.92 Å². The fourth-order valence-electron chi connectivity index (χ4n) is 3.30. The predicted octanol–water partition coefficient (Wildman–Crippen LogP) is 1.61. The number of ether oxygens (including phenoxy) is 1. The molecule has 4 heteroatoms. The van der Waals surface area contributed by atoms with Crippen molar-refractivity contribution in [3.05, 3.63) is 35.4 Å². The van der Waals surface area contributed by atoms with E-state index < -0.39 is 0 Å². The molecule has 0 aliphatic carbocycles. The number of rotatable bonds is 6. The van der Waals surface area contributed by atoms with Crippen LogP contribution in [0.2, 0.25) is 0 Å². The van der Waals surface area contributed by atoms with Gasteiger partial charge in [0.2, 0.25) is 0 Å². The largest absolute Gasteiger partial charge is 0.379 e. The zero-order valence-corrected chi connectivity index (χ0v) is 13.5. The zero-order chi connectivity index (χ0) is 15.0. The highest BCUT2D eigenvalue weighted by Gasteiger charge is 2.12. The molecule has 2 aliphatic rings. The summed E-state index contributed by atoms with van der Waals surface area (Å²) < 4.78 is 5.40. The first-order chi connectivity index (χ1) is 10.9. The fraction of sp³-hybridized carbons (Fsp3) is 0.667. The highest BCUT2D eigenvalue weighted by Crippen LogP contribution is 2.11. The molecule has 122 valence electrons. The maximum Gasteiger partial charge on any atom is 0.0594 e. The number of piperidine rings is 1. The Labute approximate surface area is 134 Å². The SMILES string of the molecule is c1cc(CN2CCOCC2)ccc1CNCC1CCCNC1. The van der Waals surface area contributed by atoms with E-state index in [1.807, 2.05) is 0 Å². The Morgan fingerprint density at radius 2 is 1.91 bits per heavy atom. The van der Waals surface area contributed by atoms with Crippen LogP contribution in [0.1, 0.15) is 24.0 Å². The molecule has 1 unspecified atom stereocenters. The maximum absolute atomic E-state index is 5.40. The van der Waals surface area contributed by atoms with Gasteiger partial charge in [0.25, 0.3) is 0 Å². The lowest BCUT2D eigenvalue weighted by Gasteiger charge is -2.26. The minimum atomic E-state index is 0.800. The Balaban J connectivity index is 1.39. The molecule has 0 aromatic heterocycles. The van der Waals surface area contributed by atoms with E-state index in [0.717, 1.165) is 51.9 Å². The second-order valence-electron chi connectivity index (χ2n) is 6.55. The molecule has 0 radical (unpaired) electrons. The van der Waals surface area contributed by atoms with Crippen molar-refractivity contribution in [2.45, 2.75) is 25.9 Å². The molecule has 3 rings (SSSR count). The van der Waals surface area contributed by atoms with Crippen molar-refractivity contribution >= 4 is 0 Å². The molecule has 0 bridgehead atoms. The summed E-state index contributed by atoms with van der Waals surface area (Å²) in [5.74, 6) is 0.800. The molecular formula is C18H29N3O. The molecule has 2 fully saturated rings. The lowest BCUT2D eigenvalue weighted by atomic mass is 10.00. The zero-order valence-electron chi connectivity index (χ0n) is 13.5. The van der Waals surface area contributed by atoms with Crippen molar-refractivity contribution in [3.63, 3.8) is 0 Å². The quantitative estimate of drug-likeness (QED) is 0.837. The highest BCUT2D eigenvalue weighted by molar-refractivity contribution is 5.22. The molecule has 2 heterocycles. The number of nitrogens with one attached hydrogen (secondary N) is 2. The number of hydrogen-bond acceptors (Lipinski definition) is 4.